The van der Waals surface area contributed by atoms with Gasteiger partial charge in [-0.15, -0.1) is 11.3 Å². The second-order valence-corrected chi connectivity index (χ2v) is 6.32. The zero-order valence-electron chi connectivity index (χ0n) is 7.02. The van der Waals surface area contributed by atoms with Crippen LogP contribution in [0.3, 0.4) is 0 Å². The number of sulfone groups is 1. The number of hydrogen-bond acceptors (Lipinski definition) is 4. The number of aromatic nitrogens is 1. The van der Waals surface area contributed by atoms with E-state index in [4.69, 9.17) is 0 Å². The first-order valence-electron chi connectivity index (χ1n) is 3.62. The Morgan fingerprint density at radius 2 is 2.25 bits per heavy atom. The van der Waals surface area contributed by atoms with Gasteiger partial charge in [-0.25, -0.2) is 13.4 Å². The average molecular weight is 205 g/mol. The summed E-state index contributed by atoms with van der Waals surface area (Å²) in [6.07, 6.45) is 1.62. The third kappa shape index (κ3) is 2.28. The summed E-state index contributed by atoms with van der Waals surface area (Å²) in [6, 6.07) is 0. The van der Waals surface area contributed by atoms with E-state index in [9.17, 15) is 8.42 Å². The van der Waals surface area contributed by atoms with Crippen LogP contribution in [0.1, 0.15) is 18.9 Å². The van der Waals surface area contributed by atoms with Crippen LogP contribution < -0.4 is 0 Å². The van der Waals surface area contributed by atoms with E-state index in [1.54, 1.807) is 25.4 Å². The lowest BCUT2D eigenvalue weighted by Gasteiger charge is -2.04. The third-order valence-electron chi connectivity index (χ3n) is 1.53. The summed E-state index contributed by atoms with van der Waals surface area (Å²) in [7, 11) is -2.97. The zero-order chi connectivity index (χ0) is 9.19. The third-order valence-corrected chi connectivity index (χ3v) is 4.60. The Kier molecular flexibility index (Phi) is 2.85. The van der Waals surface area contributed by atoms with Crippen molar-refractivity contribution in [1.29, 1.82) is 0 Å². The van der Waals surface area contributed by atoms with Crippen molar-refractivity contribution in [2.24, 2.45) is 0 Å². The lowest BCUT2D eigenvalue weighted by Crippen LogP contribution is -2.15. The van der Waals surface area contributed by atoms with Crippen LogP contribution in [-0.2, 0) is 15.6 Å². The second-order valence-electron chi connectivity index (χ2n) is 2.78. The summed E-state index contributed by atoms with van der Waals surface area (Å²) in [5.74, 6) is 0.0718. The standard InChI is InChI=1S/C7H11NO2S2/c1-6(2)12(9,10)5-7-8-3-4-11-7/h3-4,6H,5H2,1-2H3. The molecule has 68 valence electrons. The van der Waals surface area contributed by atoms with E-state index in [2.05, 4.69) is 4.98 Å². The van der Waals surface area contributed by atoms with Crippen LogP contribution in [0.4, 0.5) is 0 Å². The SMILES string of the molecule is CC(C)S(=O)(=O)Cc1nccs1. The molecule has 1 aromatic heterocycles. The molecule has 5 heteroatoms. The summed E-state index contributed by atoms with van der Waals surface area (Å²) in [4.78, 5) is 3.92. The predicted octanol–water partition coefficient (Wildman–Crippen LogP) is 1.47. The van der Waals surface area contributed by atoms with Crippen LogP contribution in [0.25, 0.3) is 0 Å². The van der Waals surface area contributed by atoms with Gasteiger partial charge in [0.05, 0.1) is 5.25 Å². The van der Waals surface area contributed by atoms with Crippen molar-refractivity contribution < 1.29 is 8.42 Å². The molecule has 1 aromatic rings. The van der Waals surface area contributed by atoms with E-state index in [1.165, 1.54) is 11.3 Å². The first-order chi connectivity index (χ1) is 5.52. The van der Waals surface area contributed by atoms with Gasteiger partial charge in [0, 0.05) is 11.6 Å². The molecule has 0 aliphatic heterocycles. The minimum Gasteiger partial charge on any atom is -0.249 e. The van der Waals surface area contributed by atoms with E-state index in [-0.39, 0.29) is 11.0 Å². The fourth-order valence-corrected chi connectivity index (χ4v) is 2.58. The molecule has 0 aliphatic carbocycles. The van der Waals surface area contributed by atoms with E-state index in [1.807, 2.05) is 0 Å². The van der Waals surface area contributed by atoms with Crippen LogP contribution in [-0.4, -0.2) is 18.7 Å². The van der Waals surface area contributed by atoms with E-state index < -0.39 is 9.84 Å². The van der Waals surface area contributed by atoms with E-state index in [0.29, 0.717) is 5.01 Å². The van der Waals surface area contributed by atoms with Crippen molar-refractivity contribution in [2.45, 2.75) is 24.9 Å². The van der Waals surface area contributed by atoms with Gasteiger partial charge in [0.15, 0.2) is 9.84 Å². The Bertz CT molecular complexity index is 326. The van der Waals surface area contributed by atoms with Crippen LogP contribution in [0.2, 0.25) is 0 Å². The maximum atomic E-state index is 11.4. The molecule has 1 heterocycles. The maximum Gasteiger partial charge on any atom is 0.159 e. The molecule has 0 fully saturated rings. The molecule has 0 aliphatic rings. The van der Waals surface area contributed by atoms with Gasteiger partial charge in [-0.2, -0.15) is 0 Å². The van der Waals surface area contributed by atoms with Crippen molar-refractivity contribution in [2.75, 3.05) is 0 Å². The van der Waals surface area contributed by atoms with Crippen LogP contribution in [0.5, 0.6) is 0 Å². The molecule has 0 unspecified atom stereocenters. The summed E-state index contributed by atoms with van der Waals surface area (Å²) in [6.45, 7) is 3.37. The van der Waals surface area contributed by atoms with Crippen molar-refractivity contribution in [1.82, 2.24) is 4.98 Å². The lowest BCUT2D eigenvalue weighted by atomic mass is 10.6. The highest BCUT2D eigenvalue weighted by Crippen LogP contribution is 2.12. The molecule has 0 spiro atoms. The van der Waals surface area contributed by atoms with Gasteiger partial charge < -0.3 is 0 Å². The van der Waals surface area contributed by atoms with Gasteiger partial charge in [0.1, 0.15) is 10.8 Å². The minimum atomic E-state index is -2.97. The molecule has 0 radical (unpaired) electrons. The summed E-state index contributed by atoms with van der Waals surface area (Å²) < 4.78 is 22.7. The van der Waals surface area contributed by atoms with Gasteiger partial charge >= 0.3 is 0 Å². The molecular weight excluding hydrogens is 194 g/mol. The monoisotopic (exact) mass is 205 g/mol. The van der Waals surface area contributed by atoms with Crippen molar-refractivity contribution in [3.63, 3.8) is 0 Å². The number of nitrogens with zero attached hydrogens (tertiary/aromatic N) is 1. The van der Waals surface area contributed by atoms with Crippen molar-refractivity contribution >= 4 is 21.2 Å². The Balaban J connectivity index is 2.77. The summed E-state index contributed by atoms with van der Waals surface area (Å²) >= 11 is 1.38. The molecular formula is C7H11NO2S2. The zero-order valence-corrected chi connectivity index (χ0v) is 8.65. The molecule has 0 bridgehead atoms. The summed E-state index contributed by atoms with van der Waals surface area (Å²) in [5, 5.41) is 2.13. The molecule has 0 N–H and O–H groups in total. The number of rotatable bonds is 3. The van der Waals surface area contributed by atoms with Gasteiger partial charge in [-0.3, -0.25) is 0 Å². The van der Waals surface area contributed by atoms with E-state index >= 15 is 0 Å². The highest BCUT2D eigenvalue weighted by molar-refractivity contribution is 7.91. The van der Waals surface area contributed by atoms with E-state index in [0.717, 1.165) is 0 Å². The first-order valence-corrected chi connectivity index (χ1v) is 6.22. The number of thiazole rings is 1. The minimum absolute atomic E-state index is 0.0718. The van der Waals surface area contributed by atoms with Gasteiger partial charge in [-0.05, 0) is 13.8 Å². The lowest BCUT2D eigenvalue weighted by molar-refractivity contribution is 0.586. The molecule has 0 amide bonds. The normalized spacial score (nSPS) is 12.2. The smallest absolute Gasteiger partial charge is 0.159 e. The Hall–Kier alpha value is -0.420. The fraction of sp³-hybridized carbons (Fsp3) is 0.571. The van der Waals surface area contributed by atoms with Gasteiger partial charge in [-0.1, -0.05) is 0 Å². The topological polar surface area (TPSA) is 47.0 Å². The van der Waals surface area contributed by atoms with Gasteiger partial charge in [0.25, 0.3) is 0 Å². The Morgan fingerprint density at radius 1 is 1.58 bits per heavy atom. The molecule has 0 saturated carbocycles. The first kappa shape index (κ1) is 9.67. The second kappa shape index (κ2) is 3.53. The summed E-state index contributed by atoms with van der Waals surface area (Å²) in [5.41, 5.74) is 0. The highest BCUT2D eigenvalue weighted by atomic mass is 32.2. The molecule has 1 rings (SSSR count). The van der Waals surface area contributed by atoms with Crippen molar-refractivity contribution in [3.05, 3.63) is 16.6 Å². The maximum absolute atomic E-state index is 11.4. The predicted molar refractivity (Wildman–Crippen MR) is 49.9 cm³/mol. The largest absolute Gasteiger partial charge is 0.249 e. The highest BCUT2D eigenvalue weighted by Gasteiger charge is 2.17. The Labute approximate surface area is 76.4 Å². The van der Waals surface area contributed by atoms with Crippen LogP contribution in [0.15, 0.2) is 11.6 Å². The molecule has 0 atom stereocenters. The van der Waals surface area contributed by atoms with Crippen LogP contribution >= 0.6 is 11.3 Å². The average Bonchev–Trinajstić information content (AvgIpc) is 2.38. The van der Waals surface area contributed by atoms with Crippen molar-refractivity contribution in [3.8, 4) is 0 Å². The Morgan fingerprint density at radius 3 is 2.67 bits per heavy atom. The molecule has 0 saturated heterocycles. The quantitative estimate of drug-likeness (QED) is 0.750. The molecule has 0 aromatic carbocycles. The fourth-order valence-electron chi connectivity index (χ4n) is 0.663. The molecule has 3 nitrogen and oxygen atoms in total. The van der Waals surface area contributed by atoms with Gasteiger partial charge in [0.2, 0.25) is 0 Å². The number of hydrogen-bond donors (Lipinski definition) is 0. The van der Waals surface area contributed by atoms with Crippen LogP contribution in [0, 0.1) is 0 Å². The molecule has 12 heavy (non-hydrogen) atoms.